The van der Waals surface area contributed by atoms with Crippen molar-refractivity contribution in [3.8, 4) is 0 Å². The first-order valence-corrected chi connectivity index (χ1v) is 5.79. The SMILES string of the molecule is COC(=O)c1cc[nH]c1CNCCc1ccco1. The molecule has 0 radical (unpaired) electrons. The number of aromatic amines is 1. The van der Waals surface area contributed by atoms with Gasteiger partial charge in [0.05, 0.1) is 18.9 Å². The topological polar surface area (TPSA) is 67.3 Å². The number of hydrogen-bond acceptors (Lipinski definition) is 4. The van der Waals surface area contributed by atoms with Gasteiger partial charge in [-0.1, -0.05) is 0 Å². The first-order chi connectivity index (χ1) is 8.81. The summed E-state index contributed by atoms with van der Waals surface area (Å²) >= 11 is 0. The van der Waals surface area contributed by atoms with Crippen molar-refractivity contribution in [1.82, 2.24) is 10.3 Å². The van der Waals surface area contributed by atoms with Gasteiger partial charge >= 0.3 is 5.97 Å². The van der Waals surface area contributed by atoms with Crippen molar-refractivity contribution in [2.24, 2.45) is 0 Å². The number of nitrogens with one attached hydrogen (secondary N) is 2. The highest BCUT2D eigenvalue weighted by Gasteiger charge is 2.11. The number of ether oxygens (including phenoxy) is 1. The number of rotatable bonds is 6. The van der Waals surface area contributed by atoms with Crippen LogP contribution in [-0.4, -0.2) is 24.6 Å². The molecule has 0 atom stereocenters. The molecule has 0 fully saturated rings. The average Bonchev–Trinajstić information content (AvgIpc) is 3.04. The zero-order valence-electron chi connectivity index (χ0n) is 10.2. The molecule has 0 bridgehead atoms. The van der Waals surface area contributed by atoms with Gasteiger partial charge in [0.15, 0.2) is 0 Å². The monoisotopic (exact) mass is 248 g/mol. The third-order valence-electron chi connectivity index (χ3n) is 2.67. The number of carbonyl (C=O) groups excluding carboxylic acids is 1. The molecule has 2 N–H and O–H groups in total. The Morgan fingerprint density at radius 3 is 3.11 bits per heavy atom. The van der Waals surface area contributed by atoms with Crippen molar-refractivity contribution in [1.29, 1.82) is 0 Å². The van der Waals surface area contributed by atoms with Crippen LogP contribution >= 0.6 is 0 Å². The summed E-state index contributed by atoms with van der Waals surface area (Å²) in [5.74, 6) is 0.626. The Kier molecular flexibility index (Phi) is 4.20. The highest BCUT2D eigenvalue weighted by atomic mass is 16.5. The second-order valence-electron chi connectivity index (χ2n) is 3.87. The molecule has 2 aromatic heterocycles. The Balaban J connectivity index is 1.80. The Morgan fingerprint density at radius 1 is 1.50 bits per heavy atom. The Labute approximate surface area is 105 Å². The normalized spacial score (nSPS) is 10.5. The van der Waals surface area contributed by atoms with E-state index in [4.69, 9.17) is 9.15 Å². The maximum Gasteiger partial charge on any atom is 0.339 e. The van der Waals surface area contributed by atoms with Crippen molar-refractivity contribution in [3.63, 3.8) is 0 Å². The number of carbonyl (C=O) groups is 1. The standard InChI is InChI=1S/C13H16N2O3/c1-17-13(16)11-5-7-15-12(11)9-14-6-4-10-3-2-8-18-10/h2-3,5,7-8,14-15H,4,6,9H2,1H3. The van der Waals surface area contributed by atoms with Crippen molar-refractivity contribution >= 4 is 5.97 Å². The van der Waals surface area contributed by atoms with E-state index in [1.807, 2.05) is 12.1 Å². The fourth-order valence-electron chi connectivity index (χ4n) is 1.73. The van der Waals surface area contributed by atoms with Crippen molar-refractivity contribution in [2.45, 2.75) is 13.0 Å². The summed E-state index contributed by atoms with van der Waals surface area (Å²) in [5.41, 5.74) is 1.41. The van der Waals surface area contributed by atoms with E-state index in [1.165, 1.54) is 7.11 Å². The largest absolute Gasteiger partial charge is 0.469 e. The lowest BCUT2D eigenvalue weighted by molar-refractivity contribution is 0.0599. The molecule has 0 saturated carbocycles. The van der Waals surface area contributed by atoms with E-state index in [0.717, 1.165) is 24.4 Å². The average molecular weight is 248 g/mol. The smallest absolute Gasteiger partial charge is 0.339 e. The van der Waals surface area contributed by atoms with E-state index in [2.05, 4.69) is 10.3 Å². The summed E-state index contributed by atoms with van der Waals surface area (Å²) in [6, 6.07) is 5.53. The van der Waals surface area contributed by atoms with Gasteiger partial charge in [-0.3, -0.25) is 0 Å². The zero-order chi connectivity index (χ0) is 12.8. The van der Waals surface area contributed by atoms with Crippen LogP contribution < -0.4 is 5.32 Å². The van der Waals surface area contributed by atoms with E-state index in [9.17, 15) is 4.79 Å². The molecule has 0 unspecified atom stereocenters. The minimum absolute atomic E-state index is 0.320. The van der Waals surface area contributed by atoms with Crippen LogP contribution in [0.5, 0.6) is 0 Å². The lowest BCUT2D eigenvalue weighted by atomic mass is 10.2. The predicted octanol–water partition coefficient (Wildman–Crippen LogP) is 1.73. The Bertz CT molecular complexity index is 488. The molecular formula is C13H16N2O3. The first kappa shape index (κ1) is 12.4. The molecular weight excluding hydrogens is 232 g/mol. The van der Waals surface area contributed by atoms with Crippen molar-refractivity contribution in [3.05, 3.63) is 47.7 Å². The molecule has 0 aliphatic carbocycles. The first-order valence-electron chi connectivity index (χ1n) is 5.79. The lowest BCUT2D eigenvalue weighted by Gasteiger charge is -2.04. The summed E-state index contributed by atoms with van der Waals surface area (Å²) < 4.78 is 9.93. The molecule has 0 saturated heterocycles. The third-order valence-corrected chi connectivity index (χ3v) is 2.67. The molecule has 0 amide bonds. The quantitative estimate of drug-likeness (QED) is 0.603. The number of methoxy groups -OCH3 is 1. The molecule has 0 aliphatic rings. The molecule has 0 aromatic carbocycles. The molecule has 2 rings (SSSR count). The zero-order valence-corrected chi connectivity index (χ0v) is 10.2. The van der Waals surface area contributed by atoms with Gasteiger partial charge in [0.25, 0.3) is 0 Å². The van der Waals surface area contributed by atoms with E-state index in [-0.39, 0.29) is 5.97 Å². The number of esters is 1. The minimum Gasteiger partial charge on any atom is -0.469 e. The molecule has 5 heteroatoms. The number of aromatic nitrogens is 1. The van der Waals surface area contributed by atoms with Crippen LogP contribution in [0, 0.1) is 0 Å². The fraction of sp³-hybridized carbons (Fsp3) is 0.308. The van der Waals surface area contributed by atoms with Gasteiger partial charge in [-0.15, -0.1) is 0 Å². The molecule has 2 heterocycles. The Hall–Kier alpha value is -2.01. The molecule has 18 heavy (non-hydrogen) atoms. The van der Waals surface area contributed by atoms with Gasteiger partial charge in [-0.25, -0.2) is 4.79 Å². The third kappa shape index (κ3) is 3.01. The summed E-state index contributed by atoms with van der Waals surface area (Å²) in [4.78, 5) is 14.5. The number of hydrogen-bond donors (Lipinski definition) is 2. The summed E-state index contributed by atoms with van der Waals surface area (Å²) in [5, 5.41) is 3.25. The fourth-order valence-corrected chi connectivity index (χ4v) is 1.73. The summed E-state index contributed by atoms with van der Waals surface area (Å²) in [7, 11) is 1.38. The van der Waals surface area contributed by atoms with E-state index >= 15 is 0 Å². The van der Waals surface area contributed by atoms with Crippen LogP contribution in [0.3, 0.4) is 0 Å². The molecule has 0 aliphatic heterocycles. The van der Waals surface area contributed by atoms with Gasteiger partial charge in [-0.05, 0) is 18.2 Å². The summed E-state index contributed by atoms with van der Waals surface area (Å²) in [6.45, 7) is 1.38. The maximum atomic E-state index is 11.4. The minimum atomic E-state index is -0.320. The van der Waals surface area contributed by atoms with Crippen LogP contribution in [0.25, 0.3) is 0 Å². The van der Waals surface area contributed by atoms with Gasteiger partial charge in [0, 0.05) is 31.4 Å². The van der Waals surface area contributed by atoms with Gasteiger partial charge in [-0.2, -0.15) is 0 Å². The Morgan fingerprint density at radius 2 is 2.39 bits per heavy atom. The highest BCUT2D eigenvalue weighted by Crippen LogP contribution is 2.08. The van der Waals surface area contributed by atoms with Crippen molar-refractivity contribution < 1.29 is 13.9 Å². The second-order valence-corrected chi connectivity index (χ2v) is 3.87. The molecule has 2 aromatic rings. The second kappa shape index (κ2) is 6.07. The van der Waals surface area contributed by atoms with Crippen LogP contribution in [0.4, 0.5) is 0 Å². The van der Waals surface area contributed by atoms with Crippen LogP contribution in [0.1, 0.15) is 21.8 Å². The lowest BCUT2D eigenvalue weighted by Crippen LogP contribution is -2.18. The number of H-pyrrole nitrogens is 1. The number of furan rings is 1. The molecule has 5 nitrogen and oxygen atoms in total. The van der Waals surface area contributed by atoms with Gasteiger partial charge < -0.3 is 19.5 Å². The predicted molar refractivity (Wildman–Crippen MR) is 66.3 cm³/mol. The van der Waals surface area contributed by atoms with Crippen LogP contribution in [0.15, 0.2) is 35.1 Å². The van der Waals surface area contributed by atoms with Crippen LogP contribution in [0.2, 0.25) is 0 Å². The van der Waals surface area contributed by atoms with Crippen molar-refractivity contribution in [2.75, 3.05) is 13.7 Å². The summed E-state index contributed by atoms with van der Waals surface area (Å²) in [6.07, 6.45) is 4.22. The van der Waals surface area contributed by atoms with E-state index < -0.39 is 0 Å². The van der Waals surface area contributed by atoms with Gasteiger partial charge in [0.1, 0.15) is 5.76 Å². The highest BCUT2D eigenvalue weighted by molar-refractivity contribution is 5.90. The van der Waals surface area contributed by atoms with E-state index in [1.54, 1.807) is 18.5 Å². The van der Waals surface area contributed by atoms with Crippen LogP contribution in [-0.2, 0) is 17.7 Å². The maximum absolute atomic E-state index is 11.4. The van der Waals surface area contributed by atoms with Gasteiger partial charge in [0.2, 0.25) is 0 Å². The molecule has 0 spiro atoms. The van der Waals surface area contributed by atoms with E-state index in [0.29, 0.717) is 12.1 Å². The molecule has 96 valence electrons.